The monoisotopic (exact) mass is 619 g/mol. The average Bonchev–Trinajstić information content (AvgIpc) is 3.72. The van der Waals surface area contributed by atoms with Crippen molar-refractivity contribution in [3.8, 4) is 16.4 Å². The molecule has 0 bridgehead atoms. The van der Waals surface area contributed by atoms with Crippen LogP contribution in [0.1, 0.15) is 78.4 Å². The van der Waals surface area contributed by atoms with Gasteiger partial charge in [-0.1, -0.05) is 81.6 Å². The van der Waals surface area contributed by atoms with Crippen LogP contribution in [-0.2, 0) is 12.8 Å². The molecule has 3 heterocycles. The Morgan fingerprint density at radius 3 is 2.44 bits per heavy atom. The topological polar surface area (TPSA) is 71.3 Å². The average molecular weight is 620 g/mol. The van der Waals surface area contributed by atoms with Crippen LogP contribution in [0.5, 0.6) is 0 Å². The molecule has 0 spiro atoms. The molecule has 1 aliphatic rings. The Balaban J connectivity index is 1.15. The fraction of sp³-hybridized carbons (Fsp3) is 0.351. The van der Waals surface area contributed by atoms with Crippen molar-refractivity contribution in [1.82, 2.24) is 24.6 Å². The third-order valence-corrected chi connectivity index (χ3v) is 9.57. The van der Waals surface area contributed by atoms with Gasteiger partial charge in [0.2, 0.25) is 5.13 Å². The van der Waals surface area contributed by atoms with Crippen molar-refractivity contribution in [2.45, 2.75) is 65.3 Å². The Morgan fingerprint density at radius 1 is 0.889 bits per heavy atom. The van der Waals surface area contributed by atoms with Gasteiger partial charge in [0.1, 0.15) is 0 Å². The van der Waals surface area contributed by atoms with Crippen molar-refractivity contribution in [1.29, 1.82) is 0 Å². The van der Waals surface area contributed by atoms with E-state index in [9.17, 15) is 9.59 Å². The van der Waals surface area contributed by atoms with Crippen LogP contribution >= 0.6 is 11.3 Å². The summed E-state index contributed by atoms with van der Waals surface area (Å²) in [4.78, 5) is 36.0. The zero-order valence-electron chi connectivity index (χ0n) is 26.4. The highest BCUT2D eigenvalue weighted by Crippen LogP contribution is 2.29. The van der Waals surface area contributed by atoms with Crippen LogP contribution < -0.4 is 0 Å². The number of nitrogens with zero attached hydrogens (tertiary/aromatic N) is 5. The molecule has 0 aliphatic carbocycles. The van der Waals surface area contributed by atoms with Gasteiger partial charge in [0.15, 0.2) is 0 Å². The maximum Gasteiger partial charge on any atom is 0.257 e. The van der Waals surface area contributed by atoms with E-state index in [1.165, 1.54) is 46.9 Å². The second kappa shape index (κ2) is 13.8. The first kappa shape index (κ1) is 30.7. The molecular formula is C37H41N5O2S. The van der Waals surface area contributed by atoms with Gasteiger partial charge >= 0.3 is 0 Å². The highest BCUT2D eigenvalue weighted by molar-refractivity contribution is 7.12. The lowest BCUT2D eigenvalue weighted by molar-refractivity contribution is 0.0414. The molecule has 2 aromatic heterocycles. The Morgan fingerprint density at radius 2 is 1.69 bits per heavy atom. The van der Waals surface area contributed by atoms with E-state index in [1.54, 1.807) is 6.20 Å². The van der Waals surface area contributed by atoms with E-state index in [4.69, 9.17) is 4.98 Å². The van der Waals surface area contributed by atoms with Crippen LogP contribution in [0.2, 0.25) is 0 Å². The van der Waals surface area contributed by atoms with E-state index in [0.717, 1.165) is 34.9 Å². The number of rotatable bonds is 10. The van der Waals surface area contributed by atoms with Crippen LogP contribution in [-0.4, -0.2) is 62.1 Å². The summed E-state index contributed by atoms with van der Waals surface area (Å²) in [6.45, 7) is 7.82. The second-order valence-electron chi connectivity index (χ2n) is 12.0. The fourth-order valence-corrected chi connectivity index (χ4v) is 7.02. The summed E-state index contributed by atoms with van der Waals surface area (Å²) >= 11 is 1.53. The van der Waals surface area contributed by atoms with Crippen molar-refractivity contribution in [3.63, 3.8) is 0 Å². The predicted octanol–water partition coefficient (Wildman–Crippen LogP) is 7.82. The van der Waals surface area contributed by atoms with E-state index in [2.05, 4.69) is 66.8 Å². The first-order valence-corrected chi connectivity index (χ1v) is 17.1. The van der Waals surface area contributed by atoms with Crippen LogP contribution in [0, 0.1) is 0 Å². The first-order chi connectivity index (χ1) is 22.0. The van der Waals surface area contributed by atoms with Gasteiger partial charge in [0.05, 0.1) is 23.1 Å². The molecule has 232 valence electrons. The third kappa shape index (κ3) is 6.57. The van der Waals surface area contributed by atoms with E-state index in [0.29, 0.717) is 37.2 Å². The molecule has 3 aromatic carbocycles. The largest absolute Gasteiger partial charge is 0.335 e. The molecule has 1 aliphatic heterocycles. The van der Waals surface area contributed by atoms with Gasteiger partial charge in [0.25, 0.3) is 11.8 Å². The number of hydrogen-bond acceptors (Lipinski definition) is 5. The number of carbonyl (C=O) groups excluding carboxylic acids is 2. The highest BCUT2D eigenvalue weighted by Gasteiger charge is 2.32. The molecular weight excluding hydrogens is 579 g/mol. The van der Waals surface area contributed by atoms with E-state index in [-0.39, 0.29) is 17.9 Å². The number of benzene rings is 3. The Kier molecular flexibility index (Phi) is 9.40. The Labute approximate surface area is 269 Å². The van der Waals surface area contributed by atoms with Gasteiger partial charge in [-0.05, 0) is 60.7 Å². The highest BCUT2D eigenvalue weighted by atomic mass is 32.1. The summed E-state index contributed by atoms with van der Waals surface area (Å²) in [6, 6.07) is 22.7. The molecule has 0 radical (unpaired) electrons. The molecule has 1 atom stereocenters. The summed E-state index contributed by atoms with van der Waals surface area (Å²) in [5.74, 6) is -0.00780. The minimum absolute atomic E-state index is 0.0280. The van der Waals surface area contributed by atoms with Gasteiger partial charge in [-0.15, -0.1) is 11.3 Å². The van der Waals surface area contributed by atoms with Crippen LogP contribution in [0.25, 0.3) is 27.2 Å². The summed E-state index contributed by atoms with van der Waals surface area (Å²) in [6.07, 6.45) is 7.93. The number of aromatic nitrogens is 3. The number of amides is 2. The maximum atomic E-state index is 13.9. The number of unbranched alkanes of at least 4 members (excludes halogenated alkanes) is 2. The van der Waals surface area contributed by atoms with E-state index in [1.807, 2.05) is 45.7 Å². The molecule has 0 N–H and O–H groups in total. The molecule has 2 amide bonds. The second-order valence-corrected chi connectivity index (χ2v) is 12.8. The number of aryl methyl sites for hydroxylation is 1. The molecule has 1 fully saturated rings. The maximum absolute atomic E-state index is 13.9. The van der Waals surface area contributed by atoms with Gasteiger partial charge in [0, 0.05) is 42.2 Å². The van der Waals surface area contributed by atoms with E-state index < -0.39 is 0 Å². The predicted molar refractivity (Wildman–Crippen MR) is 182 cm³/mol. The molecule has 7 nitrogen and oxygen atoms in total. The summed E-state index contributed by atoms with van der Waals surface area (Å²) in [7, 11) is 0. The quantitative estimate of drug-likeness (QED) is 0.150. The van der Waals surface area contributed by atoms with Crippen molar-refractivity contribution in [3.05, 3.63) is 101 Å². The minimum atomic E-state index is -0.0902. The van der Waals surface area contributed by atoms with Gasteiger partial charge in [-0.25, -0.2) is 9.67 Å². The fourth-order valence-electron chi connectivity index (χ4n) is 6.21. The minimum Gasteiger partial charge on any atom is -0.335 e. The molecule has 1 saturated heterocycles. The molecule has 45 heavy (non-hydrogen) atoms. The van der Waals surface area contributed by atoms with Crippen LogP contribution in [0.4, 0.5) is 0 Å². The van der Waals surface area contributed by atoms with Gasteiger partial charge in [-0.3, -0.25) is 9.59 Å². The number of hydrogen-bond donors (Lipinski definition) is 0. The number of fused-ring (bicyclic) bond motifs is 1. The van der Waals surface area contributed by atoms with Crippen molar-refractivity contribution < 1.29 is 9.59 Å². The Bertz CT molecular complexity index is 1790. The molecule has 6 rings (SSSR count). The third-order valence-electron chi connectivity index (χ3n) is 8.75. The number of thiazole rings is 1. The van der Waals surface area contributed by atoms with Gasteiger partial charge < -0.3 is 9.80 Å². The zero-order valence-corrected chi connectivity index (χ0v) is 27.2. The molecule has 5 aromatic rings. The normalized spacial score (nSPS) is 15.1. The zero-order chi connectivity index (χ0) is 31.3. The van der Waals surface area contributed by atoms with E-state index >= 15 is 0 Å². The van der Waals surface area contributed by atoms with Crippen LogP contribution in [0.15, 0.2) is 78.3 Å². The summed E-state index contributed by atoms with van der Waals surface area (Å²) in [5, 5.41) is 9.84. The van der Waals surface area contributed by atoms with Gasteiger partial charge in [-0.2, -0.15) is 5.10 Å². The standard InChI is InChI=1S/C37H41N5O2S/c1-4-6-7-11-27-14-16-29(17-15-27)35(43)41-21-20-40(24-26(41)3)36(44)32-23-38-42(34(32)10-5-2)37-39-33(25-45-37)31-19-18-28-12-8-9-13-30(28)22-31/h8-9,12-19,22-23,25-26H,4-7,10-11,20-21,24H2,1-3H3. The SMILES string of the molecule is CCCCCc1ccc(C(=O)N2CCN(C(=O)c3cnn(-c4nc(-c5ccc6ccccc6c5)cs4)c3CCC)CC2C)cc1. The molecule has 0 saturated carbocycles. The van der Waals surface area contributed by atoms with Crippen molar-refractivity contribution in [2.75, 3.05) is 19.6 Å². The number of carbonyl (C=O) groups is 2. The van der Waals surface area contributed by atoms with Crippen molar-refractivity contribution >= 4 is 33.9 Å². The lowest BCUT2D eigenvalue weighted by atomic mass is 10.0. The lowest BCUT2D eigenvalue weighted by Crippen LogP contribution is -2.55. The first-order valence-electron chi connectivity index (χ1n) is 16.2. The lowest BCUT2D eigenvalue weighted by Gasteiger charge is -2.40. The smallest absolute Gasteiger partial charge is 0.257 e. The Hall–Kier alpha value is -4.30. The van der Waals surface area contributed by atoms with Crippen LogP contribution in [0.3, 0.4) is 0 Å². The molecule has 8 heteroatoms. The summed E-state index contributed by atoms with van der Waals surface area (Å²) in [5.41, 5.74) is 5.43. The number of piperazine rings is 1. The molecule has 1 unspecified atom stereocenters. The van der Waals surface area contributed by atoms with Crippen molar-refractivity contribution in [2.24, 2.45) is 0 Å². The summed E-state index contributed by atoms with van der Waals surface area (Å²) < 4.78 is 1.83.